The molecule has 2 heterocycles. The molecule has 0 saturated carbocycles. The monoisotopic (exact) mass is 335 g/mol. The van der Waals surface area contributed by atoms with Crippen LogP contribution in [0, 0.1) is 6.92 Å². The molecule has 0 amide bonds. The number of ether oxygens (including phenoxy) is 1. The Morgan fingerprint density at radius 1 is 1.41 bits per heavy atom. The van der Waals surface area contributed by atoms with Crippen molar-refractivity contribution in [1.82, 2.24) is 19.7 Å². The Morgan fingerprint density at radius 2 is 2.27 bits per heavy atom. The molecule has 0 spiro atoms. The molecular formula is C14H14ClN5OS. The number of benzene rings is 1. The van der Waals surface area contributed by atoms with Crippen molar-refractivity contribution in [2.45, 2.75) is 13.5 Å². The van der Waals surface area contributed by atoms with Gasteiger partial charge in [-0.15, -0.1) is 16.4 Å². The van der Waals surface area contributed by atoms with Gasteiger partial charge in [0.05, 0.1) is 5.02 Å². The van der Waals surface area contributed by atoms with Crippen LogP contribution in [0.5, 0.6) is 5.75 Å². The molecule has 6 nitrogen and oxygen atoms in total. The highest BCUT2D eigenvalue weighted by Gasteiger charge is 2.07. The lowest BCUT2D eigenvalue weighted by Gasteiger charge is -2.06. The number of hydrogen-bond acceptors (Lipinski definition) is 6. The average molecular weight is 336 g/mol. The first-order valence-electron chi connectivity index (χ1n) is 6.56. The van der Waals surface area contributed by atoms with Gasteiger partial charge in [0.25, 0.3) is 0 Å². The van der Waals surface area contributed by atoms with Crippen LogP contribution in [0.4, 0.5) is 11.8 Å². The van der Waals surface area contributed by atoms with Crippen molar-refractivity contribution >= 4 is 34.7 Å². The summed E-state index contributed by atoms with van der Waals surface area (Å²) >= 11 is 7.64. The normalized spacial score (nSPS) is 10.7. The van der Waals surface area contributed by atoms with Gasteiger partial charge in [-0.2, -0.15) is 0 Å². The van der Waals surface area contributed by atoms with Crippen molar-refractivity contribution in [1.29, 1.82) is 0 Å². The molecule has 0 aliphatic rings. The van der Waals surface area contributed by atoms with Crippen LogP contribution in [-0.4, -0.2) is 19.7 Å². The van der Waals surface area contributed by atoms with Gasteiger partial charge in [-0.25, -0.2) is 9.97 Å². The maximum atomic E-state index is 6.14. The van der Waals surface area contributed by atoms with Crippen molar-refractivity contribution in [3.05, 3.63) is 45.5 Å². The molecule has 1 N–H and O–H groups in total. The highest BCUT2D eigenvalue weighted by molar-refractivity contribution is 7.10. The molecule has 3 rings (SSSR count). The van der Waals surface area contributed by atoms with Crippen molar-refractivity contribution < 1.29 is 4.74 Å². The Bertz CT molecular complexity index is 785. The van der Waals surface area contributed by atoms with Crippen molar-refractivity contribution in [2.24, 2.45) is 7.05 Å². The van der Waals surface area contributed by atoms with Gasteiger partial charge in [0.1, 0.15) is 29.5 Å². The van der Waals surface area contributed by atoms with Crippen LogP contribution in [0.1, 0.15) is 10.6 Å². The molecule has 0 aliphatic heterocycles. The number of nitrogens with zero attached hydrogens (tertiary/aromatic N) is 4. The zero-order chi connectivity index (χ0) is 15.5. The van der Waals surface area contributed by atoms with Crippen LogP contribution in [0.25, 0.3) is 0 Å². The van der Waals surface area contributed by atoms with E-state index in [4.69, 9.17) is 16.3 Å². The van der Waals surface area contributed by atoms with E-state index in [0.29, 0.717) is 29.1 Å². The van der Waals surface area contributed by atoms with E-state index in [2.05, 4.69) is 20.4 Å². The summed E-state index contributed by atoms with van der Waals surface area (Å²) in [5, 5.41) is 10.5. The Kier molecular flexibility index (Phi) is 4.26. The quantitative estimate of drug-likeness (QED) is 0.772. The Hall–Kier alpha value is -2.12. The smallest absolute Gasteiger partial charge is 0.247 e. The van der Waals surface area contributed by atoms with E-state index in [1.165, 1.54) is 11.3 Å². The lowest BCUT2D eigenvalue weighted by molar-refractivity contribution is 0.306. The van der Waals surface area contributed by atoms with Crippen LogP contribution >= 0.6 is 22.9 Å². The van der Waals surface area contributed by atoms with Crippen molar-refractivity contribution in [2.75, 3.05) is 5.32 Å². The lowest BCUT2D eigenvalue weighted by Crippen LogP contribution is -1.98. The van der Waals surface area contributed by atoms with Crippen molar-refractivity contribution in [3.63, 3.8) is 0 Å². The molecule has 22 heavy (non-hydrogen) atoms. The fourth-order valence-electron chi connectivity index (χ4n) is 1.81. The topological polar surface area (TPSA) is 64.9 Å². The second-order valence-corrected chi connectivity index (χ2v) is 6.07. The predicted octanol–water partition coefficient (Wildman–Crippen LogP) is 3.56. The van der Waals surface area contributed by atoms with E-state index >= 15 is 0 Å². The zero-order valence-corrected chi connectivity index (χ0v) is 13.6. The molecule has 3 aromatic rings. The largest absolute Gasteiger partial charge is 0.485 e. The second kappa shape index (κ2) is 6.33. The molecule has 0 fully saturated rings. The summed E-state index contributed by atoms with van der Waals surface area (Å²) in [6, 6.07) is 5.70. The lowest BCUT2D eigenvalue weighted by atomic mass is 10.2. The van der Waals surface area contributed by atoms with Crippen LogP contribution < -0.4 is 10.1 Å². The van der Waals surface area contributed by atoms with E-state index < -0.39 is 0 Å². The number of rotatable bonds is 5. The first kappa shape index (κ1) is 14.8. The van der Waals surface area contributed by atoms with Crippen LogP contribution in [-0.2, 0) is 13.7 Å². The summed E-state index contributed by atoms with van der Waals surface area (Å²) in [4.78, 5) is 8.52. The minimum atomic E-state index is 0.366. The number of anilines is 2. The number of nitrogens with one attached hydrogen (secondary N) is 1. The Labute approximate surface area is 136 Å². The van der Waals surface area contributed by atoms with Crippen LogP contribution in [0.2, 0.25) is 5.02 Å². The van der Waals surface area contributed by atoms with E-state index in [1.54, 1.807) is 11.0 Å². The molecule has 114 valence electrons. The molecule has 1 aromatic carbocycles. The number of thiazole rings is 1. The highest BCUT2D eigenvalue weighted by atomic mass is 35.5. The molecule has 8 heteroatoms. The molecule has 0 bridgehead atoms. The molecule has 0 radical (unpaired) electrons. The highest BCUT2D eigenvalue weighted by Crippen LogP contribution is 2.26. The van der Waals surface area contributed by atoms with Crippen molar-refractivity contribution in [3.8, 4) is 5.75 Å². The first-order valence-corrected chi connectivity index (χ1v) is 7.82. The number of hydrogen-bond donors (Lipinski definition) is 1. The molecular weight excluding hydrogens is 322 g/mol. The van der Waals surface area contributed by atoms with Crippen LogP contribution in [0.15, 0.2) is 29.9 Å². The Balaban J connectivity index is 1.62. The minimum Gasteiger partial charge on any atom is -0.485 e. The summed E-state index contributed by atoms with van der Waals surface area (Å²) in [7, 11) is 1.81. The molecule has 2 aromatic heterocycles. The zero-order valence-electron chi connectivity index (χ0n) is 12.1. The van der Waals surface area contributed by atoms with Gasteiger partial charge in [-0.1, -0.05) is 17.7 Å². The van der Waals surface area contributed by atoms with Gasteiger partial charge in [0.2, 0.25) is 5.95 Å². The summed E-state index contributed by atoms with van der Waals surface area (Å²) in [6.45, 7) is 2.35. The van der Waals surface area contributed by atoms with E-state index in [9.17, 15) is 0 Å². The fraction of sp³-hybridized carbons (Fsp3) is 0.214. The molecule has 0 unspecified atom stereocenters. The van der Waals surface area contributed by atoms with E-state index in [1.807, 2.05) is 37.6 Å². The molecule has 0 aliphatic carbocycles. The predicted molar refractivity (Wildman–Crippen MR) is 86.9 cm³/mol. The van der Waals surface area contributed by atoms with Gasteiger partial charge >= 0.3 is 0 Å². The second-order valence-electron chi connectivity index (χ2n) is 4.72. The molecule has 0 atom stereocenters. The maximum Gasteiger partial charge on any atom is 0.247 e. The van der Waals surface area contributed by atoms with E-state index in [0.717, 1.165) is 10.6 Å². The van der Waals surface area contributed by atoms with Crippen LogP contribution in [0.3, 0.4) is 0 Å². The van der Waals surface area contributed by atoms with Gasteiger partial charge in [-0.05, 0) is 24.6 Å². The SMILES string of the molecule is Cc1ccc(OCc2nc(Nc3ncn(C)n3)cs2)c(Cl)c1. The average Bonchev–Trinajstić information content (AvgIpc) is 3.08. The maximum absolute atomic E-state index is 6.14. The van der Waals surface area contributed by atoms with Gasteiger partial charge in [-0.3, -0.25) is 4.68 Å². The van der Waals surface area contributed by atoms with Gasteiger partial charge in [0.15, 0.2) is 0 Å². The van der Waals surface area contributed by atoms with E-state index in [-0.39, 0.29) is 0 Å². The first-order chi connectivity index (χ1) is 10.6. The minimum absolute atomic E-state index is 0.366. The summed E-state index contributed by atoms with van der Waals surface area (Å²) in [5.74, 6) is 1.87. The third-order valence-corrected chi connectivity index (χ3v) is 3.95. The fourth-order valence-corrected chi connectivity index (χ4v) is 2.74. The van der Waals surface area contributed by atoms with Gasteiger partial charge < -0.3 is 10.1 Å². The number of aromatic nitrogens is 4. The third kappa shape index (κ3) is 3.55. The number of aryl methyl sites for hydroxylation is 2. The van der Waals surface area contributed by atoms with Gasteiger partial charge in [0, 0.05) is 12.4 Å². The number of halogens is 1. The standard InChI is InChI=1S/C14H14ClN5OS/c1-9-3-4-11(10(15)5-9)21-6-13-17-12(7-22-13)18-14-16-8-20(2)19-14/h3-5,7-8H,6H2,1-2H3,(H,18,19). The summed E-state index contributed by atoms with van der Waals surface area (Å²) in [5.41, 5.74) is 1.10. The summed E-state index contributed by atoms with van der Waals surface area (Å²) in [6.07, 6.45) is 1.62. The third-order valence-electron chi connectivity index (χ3n) is 2.83. The summed E-state index contributed by atoms with van der Waals surface area (Å²) < 4.78 is 7.32. The molecule has 0 saturated heterocycles. The Morgan fingerprint density at radius 3 is 3.00 bits per heavy atom.